The first kappa shape index (κ1) is 99.1. The SMILES string of the molecule is CCCCCCCCCCCCCCCCCCCCCCCCC(=O)O[C@H](COC(=O)CCCCCCCCCCCCCCCCC(C)C)COP(=O)(O)OC[C@@H](O)COP(=O)(O)OC[C@@H](COC(=O)CCCCCCCCCC)OC(=O)CCCCCCCCCCCCCC(C)C. The molecule has 0 aliphatic heterocycles. The van der Waals surface area contributed by atoms with E-state index in [1.807, 2.05) is 0 Å². The van der Waals surface area contributed by atoms with Crippen molar-refractivity contribution in [3.05, 3.63) is 0 Å². The van der Waals surface area contributed by atoms with E-state index in [1.54, 1.807) is 0 Å². The van der Waals surface area contributed by atoms with Gasteiger partial charge in [-0.25, -0.2) is 9.13 Å². The van der Waals surface area contributed by atoms with Crippen LogP contribution in [0.2, 0.25) is 0 Å². The lowest BCUT2D eigenvalue weighted by atomic mass is 10.0. The lowest BCUT2D eigenvalue weighted by Gasteiger charge is -2.21. The fourth-order valence-electron chi connectivity index (χ4n) is 12.7. The van der Waals surface area contributed by atoms with Crippen LogP contribution in [0, 0.1) is 11.8 Å². The van der Waals surface area contributed by atoms with Crippen LogP contribution in [0.5, 0.6) is 0 Å². The molecule has 2 unspecified atom stereocenters. The molecule has 0 aliphatic rings. The van der Waals surface area contributed by atoms with Gasteiger partial charge in [0.1, 0.15) is 19.3 Å². The van der Waals surface area contributed by atoms with E-state index < -0.39 is 97.5 Å². The summed E-state index contributed by atoms with van der Waals surface area (Å²) in [7, 11) is -9.92. The molecule has 0 spiro atoms. The third kappa shape index (κ3) is 76.1. The van der Waals surface area contributed by atoms with Crippen LogP contribution < -0.4 is 0 Å². The predicted molar refractivity (Wildman–Crippen MR) is 414 cm³/mol. The molecule has 0 bridgehead atoms. The van der Waals surface area contributed by atoms with Gasteiger partial charge in [0.05, 0.1) is 26.4 Å². The molecule has 0 amide bonds. The van der Waals surface area contributed by atoms with Crippen LogP contribution in [0.15, 0.2) is 0 Å². The van der Waals surface area contributed by atoms with Gasteiger partial charge in [0.15, 0.2) is 12.2 Å². The average Bonchev–Trinajstić information content (AvgIpc) is 1.01. The molecule has 5 atom stereocenters. The molecule has 101 heavy (non-hydrogen) atoms. The highest BCUT2D eigenvalue weighted by atomic mass is 31.2. The Bertz CT molecular complexity index is 1940. The minimum absolute atomic E-state index is 0.106. The third-order valence-electron chi connectivity index (χ3n) is 19.2. The van der Waals surface area contributed by atoms with Crippen molar-refractivity contribution in [1.82, 2.24) is 0 Å². The highest BCUT2D eigenvalue weighted by Gasteiger charge is 2.30. The standard InChI is InChI=1S/C82H160O17P2/c1-7-9-11-13-15-17-18-19-20-21-22-23-24-25-26-27-32-37-42-48-54-60-66-81(86)99-78(71-93-80(85)65-59-53-47-41-36-31-29-28-30-34-39-44-50-56-62-74(3)4)73-97-101(90,91)95-69-76(83)68-94-100(88,89)96-72-77(70-92-79(84)64-58-52-46-16-14-12-10-8-2)98-82(87)67-61-55-49-43-38-33-35-40-45-51-57-63-75(5)6/h74-78,83H,7-73H2,1-6H3,(H,88,89)(H,90,91)/t76-,77+,78+/m0/s1. The molecule has 0 aromatic heterocycles. The van der Waals surface area contributed by atoms with Gasteiger partial charge in [-0.1, -0.05) is 382 Å². The van der Waals surface area contributed by atoms with E-state index in [2.05, 4.69) is 41.5 Å². The Labute approximate surface area is 619 Å². The van der Waals surface area contributed by atoms with Crippen molar-refractivity contribution in [2.45, 2.75) is 452 Å². The van der Waals surface area contributed by atoms with Crippen molar-refractivity contribution in [3.63, 3.8) is 0 Å². The summed E-state index contributed by atoms with van der Waals surface area (Å²) in [6, 6.07) is 0. The maximum Gasteiger partial charge on any atom is 0.472 e. The molecule has 0 radical (unpaired) electrons. The number of carbonyl (C=O) groups is 4. The number of rotatable bonds is 81. The zero-order valence-corrected chi connectivity index (χ0v) is 68.0. The smallest absolute Gasteiger partial charge is 0.462 e. The Kier molecular flexibility index (Phi) is 72.2. The Morgan fingerprint density at radius 1 is 0.267 bits per heavy atom. The third-order valence-corrected chi connectivity index (χ3v) is 21.1. The van der Waals surface area contributed by atoms with Gasteiger partial charge in [0.2, 0.25) is 0 Å². The summed E-state index contributed by atoms with van der Waals surface area (Å²) in [5.74, 6) is -0.547. The van der Waals surface area contributed by atoms with Crippen molar-refractivity contribution in [1.29, 1.82) is 0 Å². The molecule has 0 saturated carbocycles. The lowest BCUT2D eigenvalue weighted by molar-refractivity contribution is -0.161. The Hall–Kier alpha value is -1.94. The maximum absolute atomic E-state index is 13.1. The number of hydrogen-bond acceptors (Lipinski definition) is 15. The molecule has 0 aromatic carbocycles. The van der Waals surface area contributed by atoms with E-state index in [0.29, 0.717) is 25.7 Å². The number of esters is 4. The number of aliphatic hydroxyl groups excluding tert-OH is 1. The van der Waals surface area contributed by atoms with Crippen molar-refractivity contribution < 1.29 is 80.2 Å². The van der Waals surface area contributed by atoms with Crippen LogP contribution in [0.25, 0.3) is 0 Å². The number of unbranched alkanes of at least 4 members (excludes halogenated alkanes) is 51. The lowest BCUT2D eigenvalue weighted by Crippen LogP contribution is -2.30. The molecule has 0 fully saturated rings. The minimum atomic E-state index is -4.96. The van der Waals surface area contributed by atoms with Crippen molar-refractivity contribution >= 4 is 39.5 Å². The monoisotopic (exact) mass is 1480 g/mol. The second-order valence-electron chi connectivity index (χ2n) is 30.5. The summed E-state index contributed by atoms with van der Waals surface area (Å²) >= 11 is 0. The Morgan fingerprint density at radius 3 is 0.673 bits per heavy atom. The van der Waals surface area contributed by atoms with E-state index in [1.165, 1.54) is 244 Å². The molecule has 0 rings (SSSR count). The fraction of sp³-hybridized carbons (Fsp3) is 0.951. The number of hydrogen-bond donors (Lipinski definition) is 3. The van der Waals surface area contributed by atoms with Gasteiger partial charge in [-0.05, 0) is 37.5 Å². The van der Waals surface area contributed by atoms with E-state index >= 15 is 0 Å². The summed E-state index contributed by atoms with van der Waals surface area (Å²) < 4.78 is 68.7. The zero-order chi connectivity index (χ0) is 74.2. The summed E-state index contributed by atoms with van der Waals surface area (Å²) in [5.41, 5.74) is 0. The van der Waals surface area contributed by atoms with Crippen LogP contribution in [0.4, 0.5) is 0 Å². The van der Waals surface area contributed by atoms with E-state index in [-0.39, 0.29) is 25.7 Å². The Balaban J connectivity index is 5.18. The summed E-state index contributed by atoms with van der Waals surface area (Å²) in [6.07, 6.45) is 64.0. The fourth-order valence-corrected chi connectivity index (χ4v) is 14.3. The first-order valence-corrected chi connectivity index (χ1v) is 45.5. The van der Waals surface area contributed by atoms with Crippen LogP contribution in [-0.4, -0.2) is 96.7 Å². The second-order valence-corrected chi connectivity index (χ2v) is 33.4. The summed E-state index contributed by atoms with van der Waals surface area (Å²) in [5, 5.41) is 10.6. The molecule has 3 N–H and O–H groups in total. The number of phosphoric ester groups is 2. The van der Waals surface area contributed by atoms with Gasteiger partial charge in [-0.2, -0.15) is 0 Å². The number of ether oxygens (including phenoxy) is 4. The molecular weight excluding hydrogens is 1320 g/mol. The second kappa shape index (κ2) is 73.6. The van der Waals surface area contributed by atoms with Gasteiger partial charge in [-0.3, -0.25) is 37.3 Å². The molecule has 0 heterocycles. The molecule has 0 aliphatic carbocycles. The van der Waals surface area contributed by atoms with Crippen molar-refractivity contribution in [2.24, 2.45) is 11.8 Å². The van der Waals surface area contributed by atoms with Crippen LogP contribution in [0.1, 0.15) is 433 Å². The number of aliphatic hydroxyl groups is 1. The molecule has 0 aromatic rings. The minimum Gasteiger partial charge on any atom is -0.462 e. The van der Waals surface area contributed by atoms with Gasteiger partial charge < -0.3 is 33.8 Å². The van der Waals surface area contributed by atoms with Gasteiger partial charge in [0.25, 0.3) is 0 Å². The van der Waals surface area contributed by atoms with Gasteiger partial charge in [0, 0.05) is 25.7 Å². The first-order valence-electron chi connectivity index (χ1n) is 42.5. The van der Waals surface area contributed by atoms with Crippen LogP contribution in [-0.2, 0) is 65.4 Å². The molecule has 17 nitrogen and oxygen atoms in total. The molecule has 0 saturated heterocycles. The zero-order valence-electron chi connectivity index (χ0n) is 66.2. The molecular formula is C82H160O17P2. The van der Waals surface area contributed by atoms with Crippen LogP contribution >= 0.6 is 15.6 Å². The van der Waals surface area contributed by atoms with Crippen molar-refractivity contribution in [3.8, 4) is 0 Å². The maximum atomic E-state index is 13.1. The largest absolute Gasteiger partial charge is 0.472 e. The molecule has 600 valence electrons. The summed E-state index contributed by atoms with van der Waals surface area (Å²) in [4.78, 5) is 72.9. The van der Waals surface area contributed by atoms with Gasteiger partial charge >= 0.3 is 39.5 Å². The van der Waals surface area contributed by atoms with E-state index in [9.17, 15) is 43.2 Å². The average molecular weight is 1480 g/mol. The number of carbonyl (C=O) groups excluding carboxylic acids is 4. The van der Waals surface area contributed by atoms with Gasteiger partial charge in [-0.15, -0.1) is 0 Å². The predicted octanol–water partition coefficient (Wildman–Crippen LogP) is 24.7. The highest BCUT2D eigenvalue weighted by molar-refractivity contribution is 7.47. The number of phosphoric acid groups is 2. The Morgan fingerprint density at radius 2 is 0.455 bits per heavy atom. The van der Waals surface area contributed by atoms with E-state index in [0.717, 1.165) is 108 Å². The first-order chi connectivity index (χ1) is 48.9. The quantitative estimate of drug-likeness (QED) is 0.0222. The van der Waals surface area contributed by atoms with E-state index in [4.69, 9.17) is 37.0 Å². The summed E-state index contributed by atoms with van der Waals surface area (Å²) in [6.45, 7) is 9.63. The van der Waals surface area contributed by atoms with Crippen LogP contribution in [0.3, 0.4) is 0 Å². The van der Waals surface area contributed by atoms with Crippen molar-refractivity contribution in [2.75, 3.05) is 39.6 Å². The normalized spacial score (nSPS) is 13.9. The highest BCUT2D eigenvalue weighted by Crippen LogP contribution is 2.45. The molecule has 19 heteroatoms. The topological polar surface area (TPSA) is 237 Å².